The third kappa shape index (κ3) is 3.67. The summed E-state index contributed by atoms with van der Waals surface area (Å²) in [6.07, 6.45) is 1.83. The molecule has 5 heteroatoms. The zero-order valence-electron chi connectivity index (χ0n) is 12.8. The summed E-state index contributed by atoms with van der Waals surface area (Å²) in [5.74, 6) is -1.09. The summed E-state index contributed by atoms with van der Waals surface area (Å²) in [7, 11) is 1.59. The van der Waals surface area contributed by atoms with Crippen molar-refractivity contribution >= 4 is 5.91 Å². The Morgan fingerprint density at radius 1 is 1.13 bits per heavy atom. The molecule has 0 saturated heterocycles. The van der Waals surface area contributed by atoms with Crippen LogP contribution in [0, 0.1) is 11.6 Å². The molecule has 1 aliphatic carbocycles. The molecule has 3 nitrogen and oxygen atoms in total. The second-order valence-electron chi connectivity index (χ2n) is 5.67. The number of methoxy groups -OCH3 is 1. The Morgan fingerprint density at radius 2 is 1.74 bits per heavy atom. The number of benzene rings is 2. The maximum Gasteiger partial charge on any atom is 0.254 e. The van der Waals surface area contributed by atoms with Gasteiger partial charge in [0.1, 0.15) is 17.4 Å². The molecular formula is C18H17F2NO2. The van der Waals surface area contributed by atoms with Gasteiger partial charge in [0, 0.05) is 24.2 Å². The van der Waals surface area contributed by atoms with Gasteiger partial charge >= 0.3 is 0 Å². The van der Waals surface area contributed by atoms with Gasteiger partial charge in [0.15, 0.2) is 0 Å². The predicted octanol–water partition coefficient (Wildman–Crippen LogP) is 3.78. The quantitative estimate of drug-likeness (QED) is 0.840. The molecule has 1 fully saturated rings. The van der Waals surface area contributed by atoms with Crippen LogP contribution in [0.4, 0.5) is 8.78 Å². The predicted molar refractivity (Wildman–Crippen MR) is 82.2 cm³/mol. The van der Waals surface area contributed by atoms with Gasteiger partial charge < -0.3 is 9.64 Å². The van der Waals surface area contributed by atoms with Gasteiger partial charge in [0.05, 0.1) is 7.11 Å². The van der Waals surface area contributed by atoms with Crippen LogP contribution < -0.4 is 4.74 Å². The van der Waals surface area contributed by atoms with Crippen LogP contribution in [0.25, 0.3) is 0 Å². The molecule has 1 amide bonds. The minimum absolute atomic E-state index is 0.0444. The molecule has 0 spiro atoms. The largest absolute Gasteiger partial charge is 0.497 e. The molecule has 0 bridgehead atoms. The van der Waals surface area contributed by atoms with Crippen molar-refractivity contribution in [1.82, 2.24) is 4.90 Å². The van der Waals surface area contributed by atoms with Crippen LogP contribution in [0.2, 0.25) is 0 Å². The lowest BCUT2D eigenvalue weighted by Crippen LogP contribution is -2.32. The van der Waals surface area contributed by atoms with Gasteiger partial charge in [-0.15, -0.1) is 0 Å². The normalized spacial score (nSPS) is 13.7. The summed E-state index contributed by atoms with van der Waals surface area (Å²) in [5.41, 5.74) is 0.992. The highest BCUT2D eigenvalue weighted by Crippen LogP contribution is 2.30. The molecule has 2 aromatic carbocycles. The molecule has 0 radical (unpaired) electrons. The number of nitrogens with zero attached hydrogens (tertiary/aromatic N) is 1. The molecule has 0 atom stereocenters. The lowest BCUT2D eigenvalue weighted by atomic mass is 10.1. The molecule has 0 N–H and O–H groups in total. The van der Waals surface area contributed by atoms with Gasteiger partial charge in [-0.3, -0.25) is 4.79 Å². The standard InChI is InChI=1S/C18H17F2NO2/c1-23-17-6-2-12(3-7-17)11-21(16-4-5-16)18(22)13-8-14(19)10-15(20)9-13/h2-3,6-10,16H,4-5,11H2,1H3. The second-order valence-corrected chi connectivity index (χ2v) is 5.67. The maximum atomic E-state index is 13.4. The van der Waals surface area contributed by atoms with E-state index in [0.29, 0.717) is 6.54 Å². The van der Waals surface area contributed by atoms with Crippen molar-refractivity contribution in [3.8, 4) is 5.75 Å². The lowest BCUT2D eigenvalue weighted by Gasteiger charge is -2.23. The van der Waals surface area contributed by atoms with Crippen LogP contribution in [0.15, 0.2) is 42.5 Å². The van der Waals surface area contributed by atoms with Crippen LogP contribution in [0.5, 0.6) is 5.75 Å². The Labute approximate surface area is 133 Å². The summed E-state index contributed by atoms with van der Waals surface area (Å²) >= 11 is 0. The van der Waals surface area contributed by atoms with Crippen molar-refractivity contribution < 1.29 is 18.3 Å². The van der Waals surface area contributed by atoms with Crippen LogP contribution >= 0.6 is 0 Å². The van der Waals surface area contributed by atoms with Crippen molar-refractivity contribution in [2.45, 2.75) is 25.4 Å². The van der Waals surface area contributed by atoms with E-state index in [-0.39, 0.29) is 17.5 Å². The fourth-order valence-corrected chi connectivity index (χ4v) is 2.52. The summed E-state index contributed by atoms with van der Waals surface area (Å²) in [6.45, 7) is 0.408. The molecule has 0 unspecified atom stereocenters. The number of hydrogen-bond acceptors (Lipinski definition) is 2. The SMILES string of the molecule is COc1ccc(CN(C(=O)c2cc(F)cc(F)c2)C2CC2)cc1. The number of halogens is 2. The number of carbonyl (C=O) groups is 1. The number of hydrogen-bond donors (Lipinski definition) is 0. The van der Waals surface area contributed by atoms with Crippen LogP contribution in [0.3, 0.4) is 0 Å². The Kier molecular flexibility index (Phi) is 4.28. The fourth-order valence-electron chi connectivity index (χ4n) is 2.52. The Balaban J connectivity index is 1.81. The third-order valence-electron chi connectivity index (χ3n) is 3.87. The van der Waals surface area contributed by atoms with E-state index in [0.717, 1.165) is 42.4 Å². The summed E-state index contributed by atoms with van der Waals surface area (Å²) < 4.78 is 31.8. The van der Waals surface area contributed by atoms with E-state index < -0.39 is 11.6 Å². The van der Waals surface area contributed by atoms with E-state index in [1.807, 2.05) is 24.3 Å². The molecule has 0 heterocycles. The molecule has 1 saturated carbocycles. The maximum absolute atomic E-state index is 13.4. The zero-order valence-corrected chi connectivity index (χ0v) is 12.8. The minimum atomic E-state index is -0.742. The number of amides is 1. The first-order valence-corrected chi connectivity index (χ1v) is 7.47. The first-order valence-electron chi connectivity index (χ1n) is 7.47. The average Bonchev–Trinajstić information content (AvgIpc) is 3.36. The molecule has 0 aliphatic heterocycles. The van der Waals surface area contributed by atoms with E-state index in [1.165, 1.54) is 0 Å². The highest BCUT2D eigenvalue weighted by molar-refractivity contribution is 5.94. The molecule has 2 aromatic rings. The van der Waals surface area contributed by atoms with Crippen molar-refractivity contribution in [1.29, 1.82) is 0 Å². The first-order chi connectivity index (χ1) is 11.1. The fraction of sp³-hybridized carbons (Fsp3) is 0.278. The summed E-state index contributed by atoms with van der Waals surface area (Å²) in [4.78, 5) is 14.3. The number of ether oxygens (including phenoxy) is 1. The monoisotopic (exact) mass is 317 g/mol. The van der Waals surface area contributed by atoms with Crippen molar-refractivity contribution in [2.75, 3.05) is 7.11 Å². The highest BCUT2D eigenvalue weighted by atomic mass is 19.1. The van der Waals surface area contributed by atoms with E-state index >= 15 is 0 Å². The molecule has 120 valence electrons. The smallest absolute Gasteiger partial charge is 0.254 e. The first kappa shape index (κ1) is 15.5. The minimum Gasteiger partial charge on any atom is -0.497 e. The molecular weight excluding hydrogens is 300 g/mol. The highest BCUT2D eigenvalue weighted by Gasteiger charge is 2.33. The van der Waals surface area contributed by atoms with E-state index in [2.05, 4.69) is 0 Å². The summed E-state index contributed by atoms with van der Waals surface area (Å²) in [5, 5.41) is 0. The van der Waals surface area contributed by atoms with Crippen LogP contribution in [-0.4, -0.2) is 24.0 Å². The van der Waals surface area contributed by atoms with Gasteiger partial charge in [-0.2, -0.15) is 0 Å². The second kappa shape index (κ2) is 6.36. The van der Waals surface area contributed by atoms with Gasteiger partial charge in [0.25, 0.3) is 5.91 Å². The average molecular weight is 317 g/mol. The van der Waals surface area contributed by atoms with Gasteiger partial charge in [-0.05, 0) is 42.7 Å². The van der Waals surface area contributed by atoms with Crippen LogP contribution in [-0.2, 0) is 6.54 Å². The molecule has 23 heavy (non-hydrogen) atoms. The Bertz CT molecular complexity index is 691. The van der Waals surface area contributed by atoms with Crippen molar-refractivity contribution in [3.63, 3.8) is 0 Å². The molecule has 3 rings (SSSR count). The Morgan fingerprint density at radius 3 is 2.26 bits per heavy atom. The van der Waals surface area contributed by atoms with Crippen LogP contribution in [0.1, 0.15) is 28.8 Å². The van der Waals surface area contributed by atoms with Crippen molar-refractivity contribution in [2.24, 2.45) is 0 Å². The van der Waals surface area contributed by atoms with E-state index in [1.54, 1.807) is 12.0 Å². The molecule has 0 aromatic heterocycles. The number of carbonyl (C=O) groups excluding carboxylic acids is 1. The van der Waals surface area contributed by atoms with E-state index in [9.17, 15) is 13.6 Å². The molecule has 1 aliphatic rings. The summed E-state index contributed by atoms with van der Waals surface area (Å²) in [6, 6.07) is 10.5. The van der Waals surface area contributed by atoms with Crippen molar-refractivity contribution in [3.05, 3.63) is 65.2 Å². The Hall–Kier alpha value is -2.43. The third-order valence-corrected chi connectivity index (χ3v) is 3.87. The van der Waals surface area contributed by atoms with E-state index in [4.69, 9.17) is 4.74 Å². The lowest BCUT2D eigenvalue weighted by molar-refractivity contribution is 0.0729. The van der Waals surface area contributed by atoms with Gasteiger partial charge in [0.2, 0.25) is 0 Å². The zero-order chi connectivity index (χ0) is 16.4. The number of rotatable bonds is 5. The topological polar surface area (TPSA) is 29.5 Å². The van der Waals surface area contributed by atoms with Gasteiger partial charge in [-0.25, -0.2) is 8.78 Å². The van der Waals surface area contributed by atoms with Gasteiger partial charge in [-0.1, -0.05) is 12.1 Å².